The Hall–Kier alpha value is -1.35. The highest BCUT2D eigenvalue weighted by molar-refractivity contribution is 5.73. The zero-order valence-corrected chi connectivity index (χ0v) is 17.5. The first kappa shape index (κ1) is 22.7. The van der Waals surface area contributed by atoms with E-state index in [1.54, 1.807) is 0 Å². The van der Waals surface area contributed by atoms with Gasteiger partial charge in [-0.15, -0.1) is 0 Å². The van der Waals surface area contributed by atoms with Gasteiger partial charge in [-0.2, -0.15) is 0 Å². The van der Waals surface area contributed by atoms with Crippen molar-refractivity contribution in [1.82, 2.24) is 0 Å². The monoisotopic (exact) mass is 362 g/mol. The SMILES string of the molecule is CCCCCCCCCC(=O)Oc1cc(C)cc(C)c1C(C)(C)CCO. The van der Waals surface area contributed by atoms with Gasteiger partial charge in [0.1, 0.15) is 5.75 Å². The van der Waals surface area contributed by atoms with Gasteiger partial charge in [0.2, 0.25) is 0 Å². The Morgan fingerprint density at radius 3 is 2.27 bits per heavy atom. The molecule has 26 heavy (non-hydrogen) atoms. The molecule has 0 bridgehead atoms. The third-order valence-electron chi connectivity index (χ3n) is 5.07. The van der Waals surface area contributed by atoms with Crippen molar-refractivity contribution in [3.8, 4) is 5.75 Å². The topological polar surface area (TPSA) is 46.5 Å². The number of aliphatic hydroxyl groups is 1. The summed E-state index contributed by atoms with van der Waals surface area (Å²) in [5.74, 6) is 0.513. The maximum atomic E-state index is 12.3. The maximum absolute atomic E-state index is 12.3. The van der Waals surface area contributed by atoms with Gasteiger partial charge < -0.3 is 9.84 Å². The number of aliphatic hydroxyl groups excluding tert-OH is 1. The Kier molecular flexibility index (Phi) is 9.93. The molecule has 0 unspecified atom stereocenters. The Bertz CT molecular complexity index is 561. The Balaban J connectivity index is 2.66. The molecule has 0 aliphatic carbocycles. The summed E-state index contributed by atoms with van der Waals surface area (Å²) in [5.41, 5.74) is 3.00. The first-order chi connectivity index (χ1) is 12.3. The molecule has 1 aromatic carbocycles. The average molecular weight is 363 g/mol. The quantitative estimate of drug-likeness (QED) is 0.281. The summed E-state index contributed by atoms with van der Waals surface area (Å²) in [4.78, 5) is 12.3. The van der Waals surface area contributed by atoms with Gasteiger partial charge >= 0.3 is 5.97 Å². The first-order valence-electron chi connectivity index (χ1n) is 10.2. The van der Waals surface area contributed by atoms with E-state index in [0.717, 1.165) is 29.5 Å². The average Bonchev–Trinajstić information content (AvgIpc) is 2.52. The highest BCUT2D eigenvalue weighted by Gasteiger charge is 2.27. The van der Waals surface area contributed by atoms with Crippen LogP contribution in [0.25, 0.3) is 0 Å². The fourth-order valence-electron chi connectivity index (χ4n) is 3.68. The van der Waals surface area contributed by atoms with Crippen LogP contribution in [0.4, 0.5) is 0 Å². The van der Waals surface area contributed by atoms with Crippen molar-refractivity contribution in [1.29, 1.82) is 0 Å². The molecule has 0 radical (unpaired) electrons. The molecular formula is C23H38O3. The third-order valence-corrected chi connectivity index (χ3v) is 5.07. The molecule has 1 aromatic rings. The highest BCUT2D eigenvalue weighted by atomic mass is 16.5. The smallest absolute Gasteiger partial charge is 0.311 e. The summed E-state index contributed by atoms with van der Waals surface area (Å²) in [6, 6.07) is 4.06. The van der Waals surface area contributed by atoms with Gasteiger partial charge in [-0.05, 0) is 49.3 Å². The van der Waals surface area contributed by atoms with E-state index in [-0.39, 0.29) is 18.0 Å². The van der Waals surface area contributed by atoms with Crippen LogP contribution >= 0.6 is 0 Å². The van der Waals surface area contributed by atoms with E-state index in [0.29, 0.717) is 18.6 Å². The van der Waals surface area contributed by atoms with Crippen LogP contribution in [0.5, 0.6) is 5.75 Å². The summed E-state index contributed by atoms with van der Waals surface area (Å²) in [6.07, 6.45) is 9.43. The second-order valence-corrected chi connectivity index (χ2v) is 8.16. The van der Waals surface area contributed by atoms with Crippen molar-refractivity contribution >= 4 is 5.97 Å². The standard InChI is InChI=1S/C23H38O3/c1-6-7-8-9-10-11-12-13-21(25)26-20-17-18(2)16-19(3)22(20)23(4,5)14-15-24/h16-17,24H,6-15H2,1-5H3. The van der Waals surface area contributed by atoms with Crippen LogP contribution in [0, 0.1) is 13.8 Å². The molecule has 0 heterocycles. The summed E-state index contributed by atoms with van der Waals surface area (Å²) >= 11 is 0. The number of carbonyl (C=O) groups is 1. The Morgan fingerprint density at radius 1 is 1.04 bits per heavy atom. The lowest BCUT2D eigenvalue weighted by Gasteiger charge is -2.29. The van der Waals surface area contributed by atoms with Crippen LogP contribution in [0.2, 0.25) is 0 Å². The molecular weight excluding hydrogens is 324 g/mol. The fraction of sp³-hybridized carbons (Fsp3) is 0.696. The molecule has 0 spiro atoms. The van der Waals surface area contributed by atoms with Crippen molar-refractivity contribution in [2.45, 2.75) is 97.8 Å². The van der Waals surface area contributed by atoms with Crippen molar-refractivity contribution in [3.05, 3.63) is 28.8 Å². The molecule has 0 fully saturated rings. The van der Waals surface area contributed by atoms with Gasteiger partial charge in [0, 0.05) is 18.6 Å². The maximum Gasteiger partial charge on any atom is 0.311 e. The van der Waals surface area contributed by atoms with Crippen molar-refractivity contribution < 1.29 is 14.6 Å². The van der Waals surface area contributed by atoms with E-state index in [1.807, 2.05) is 13.0 Å². The van der Waals surface area contributed by atoms with Gasteiger partial charge in [-0.3, -0.25) is 4.79 Å². The molecule has 3 nitrogen and oxygen atoms in total. The number of esters is 1. The van der Waals surface area contributed by atoms with Gasteiger partial charge in [-0.25, -0.2) is 0 Å². The zero-order valence-electron chi connectivity index (χ0n) is 17.5. The molecule has 148 valence electrons. The fourth-order valence-corrected chi connectivity index (χ4v) is 3.68. The second-order valence-electron chi connectivity index (χ2n) is 8.16. The number of rotatable bonds is 12. The normalized spacial score (nSPS) is 11.6. The Labute approximate surface area is 160 Å². The number of unbranched alkanes of at least 4 members (excludes halogenated alkanes) is 6. The molecule has 0 aromatic heterocycles. The summed E-state index contributed by atoms with van der Waals surface area (Å²) < 4.78 is 5.76. The largest absolute Gasteiger partial charge is 0.426 e. The van der Waals surface area contributed by atoms with Crippen LogP contribution in [0.1, 0.15) is 95.2 Å². The third kappa shape index (κ3) is 7.49. The first-order valence-corrected chi connectivity index (χ1v) is 10.2. The molecule has 0 atom stereocenters. The molecule has 0 aliphatic heterocycles. The Morgan fingerprint density at radius 2 is 1.65 bits per heavy atom. The van der Waals surface area contributed by atoms with Crippen LogP contribution in [-0.2, 0) is 10.2 Å². The van der Waals surface area contributed by atoms with Crippen molar-refractivity contribution in [2.75, 3.05) is 6.61 Å². The predicted molar refractivity (Wildman–Crippen MR) is 109 cm³/mol. The lowest BCUT2D eigenvalue weighted by molar-refractivity contribution is -0.134. The van der Waals surface area contributed by atoms with Gasteiger partial charge in [-0.1, -0.05) is 65.4 Å². The summed E-state index contributed by atoms with van der Waals surface area (Å²) in [6.45, 7) is 10.6. The highest BCUT2D eigenvalue weighted by Crippen LogP contribution is 2.37. The van der Waals surface area contributed by atoms with E-state index in [4.69, 9.17) is 4.74 Å². The van der Waals surface area contributed by atoms with Crippen LogP contribution < -0.4 is 4.74 Å². The van der Waals surface area contributed by atoms with Gasteiger partial charge in [0.25, 0.3) is 0 Å². The van der Waals surface area contributed by atoms with Crippen LogP contribution in [-0.4, -0.2) is 17.7 Å². The van der Waals surface area contributed by atoms with Crippen molar-refractivity contribution in [2.24, 2.45) is 0 Å². The van der Waals surface area contributed by atoms with Crippen LogP contribution in [0.15, 0.2) is 12.1 Å². The van der Waals surface area contributed by atoms with E-state index in [9.17, 15) is 9.90 Å². The molecule has 3 heteroatoms. The number of hydrogen-bond acceptors (Lipinski definition) is 3. The molecule has 1 N–H and O–H groups in total. The number of benzene rings is 1. The zero-order chi connectivity index (χ0) is 19.6. The minimum Gasteiger partial charge on any atom is -0.426 e. The number of carbonyl (C=O) groups excluding carboxylic acids is 1. The van der Waals surface area contributed by atoms with Crippen LogP contribution in [0.3, 0.4) is 0 Å². The van der Waals surface area contributed by atoms with Crippen molar-refractivity contribution in [3.63, 3.8) is 0 Å². The molecule has 1 rings (SSSR count). The van der Waals surface area contributed by atoms with E-state index in [2.05, 4.69) is 33.8 Å². The lowest BCUT2D eigenvalue weighted by atomic mass is 9.78. The minimum atomic E-state index is -0.235. The molecule has 0 aliphatic rings. The van der Waals surface area contributed by atoms with E-state index >= 15 is 0 Å². The minimum absolute atomic E-state index is 0.117. The van der Waals surface area contributed by atoms with E-state index in [1.165, 1.54) is 32.1 Å². The summed E-state index contributed by atoms with van der Waals surface area (Å²) in [5, 5.41) is 9.39. The second kappa shape index (κ2) is 11.4. The summed E-state index contributed by atoms with van der Waals surface area (Å²) in [7, 11) is 0. The number of aryl methyl sites for hydroxylation is 2. The van der Waals surface area contributed by atoms with E-state index < -0.39 is 0 Å². The molecule has 0 saturated heterocycles. The number of ether oxygens (including phenoxy) is 1. The lowest BCUT2D eigenvalue weighted by Crippen LogP contribution is -2.23. The predicted octanol–water partition coefficient (Wildman–Crippen LogP) is 6.01. The molecule has 0 amide bonds. The van der Waals surface area contributed by atoms with Gasteiger partial charge in [0.05, 0.1) is 0 Å². The number of hydrogen-bond donors (Lipinski definition) is 1. The molecule has 0 saturated carbocycles. The van der Waals surface area contributed by atoms with Gasteiger partial charge in [0.15, 0.2) is 0 Å².